The number of carbonyl (C=O) groups is 2. The van der Waals surface area contributed by atoms with E-state index in [1.165, 1.54) is 23.9 Å². The summed E-state index contributed by atoms with van der Waals surface area (Å²) in [6, 6.07) is 2.90. The molecule has 1 aliphatic heterocycles. The average molecular weight is 317 g/mol. The van der Waals surface area contributed by atoms with Crippen molar-refractivity contribution < 1.29 is 19.6 Å². The molecule has 0 saturated carbocycles. The van der Waals surface area contributed by atoms with E-state index in [9.17, 15) is 19.7 Å². The predicted molar refractivity (Wildman–Crippen MR) is 73.0 cm³/mol. The maximum Gasteiger partial charge on any atom is 0.327 e. The molecule has 1 heterocycles. The van der Waals surface area contributed by atoms with Gasteiger partial charge in [0.1, 0.15) is 11.6 Å². The Balaban J connectivity index is 2.44. The SMILES string of the molecule is O=C(O)C1CSCN1C(=O)c1c(Cl)cccc1[N+](=O)[O-]. The number of hydrogen-bond acceptors (Lipinski definition) is 5. The number of amides is 1. The second kappa shape index (κ2) is 5.68. The van der Waals surface area contributed by atoms with Gasteiger partial charge in [0.15, 0.2) is 0 Å². The Morgan fingerprint density at radius 2 is 2.20 bits per heavy atom. The highest BCUT2D eigenvalue weighted by atomic mass is 35.5. The third-order valence-electron chi connectivity index (χ3n) is 2.83. The smallest absolute Gasteiger partial charge is 0.327 e. The molecule has 1 aromatic rings. The van der Waals surface area contributed by atoms with Gasteiger partial charge in [-0.15, -0.1) is 11.8 Å². The molecule has 1 N–H and O–H groups in total. The number of nitro groups is 1. The van der Waals surface area contributed by atoms with Crippen LogP contribution in [0.4, 0.5) is 5.69 Å². The van der Waals surface area contributed by atoms with Crippen molar-refractivity contribution in [3.05, 3.63) is 38.9 Å². The van der Waals surface area contributed by atoms with Gasteiger partial charge in [-0.25, -0.2) is 4.79 Å². The van der Waals surface area contributed by atoms with E-state index in [2.05, 4.69) is 0 Å². The van der Waals surface area contributed by atoms with Gasteiger partial charge in [-0.2, -0.15) is 0 Å². The highest BCUT2D eigenvalue weighted by molar-refractivity contribution is 7.99. The van der Waals surface area contributed by atoms with Crippen LogP contribution < -0.4 is 0 Å². The van der Waals surface area contributed by atoms with Gasteiger partial charge in [-0.3, -0.25) is 14.9 Å². The van der Waals surface area contributed by atoms with E-state index in [0.29, 0.717) is 0 Å². The molecule has 1 atom stereocenters. The van der Waals surface area contributed by atoms with Gasteiger partial charge in [0.05, 0.1) is 15.8 Å². The van der Waals surface area contributed by atoms with Crippen LogP contribution in [0.3, 0.4) is 0 Å². The lowest BCUT2D eigenvalue weighted by Crippen LogP contribution is -2.42. The van der Waals surface area contributed by atoms with Gasteiger partial charge in [0.25, 0.3) is 11.6 Å². The first-order valence-electron chi connectivity index (χ1n) is 5.48. The summed E-state index contributed by atoms with van der Waals surface area (Å²) in [4.78, 5) is 34.8. The molecule has 0 aliphatic carbocycles. The summed E-state index contributed by atoms with van der Waals surface area (Å²) in [5.74, 6) is -1.46. The van der Waals surface area contributed by atoms with Gasteiger partial charge in [0, 0.05) is 11.8 Å². The van der Waals surface area contributed by atoms with Crippen LogP contribution in [0.15, 0.2) is 18.2 Å². The molecule has 7 nitrogen and oxygen atoms in total. The highest BCUT2D eigenvalue weighted by Crippen LogP contribution is 2.31. The summed E-state index contributed by atoms with van der Waals surface area (Å²) in [6.07, 6.45) is 0. The van der Waals surface area contributed by atoms with E-state index >= 15 is 0 Å². The van der Waals surface area contributed by atoms with Crippen LogP contribution in [0.5, 0.6) is 0 Å². The van der Waals surface area contributed by atoms with E-state index < -0.39 is 28.5 Å². The van der Waals surface area contributed by atoms with Crippen molar-refractivity contribution in [1.82, 2.24) is 4.90 Å². The molecular weight excluding hydrogens is 308 g/mol. The van der Waals surface area contributed by atoms with Crippen LogP contribution in [0.2, 0.25) is 5.02 Å². The molecule has 106 valence electrons. The number of hydrogen-bond donors (Lipinski definition) is 1. The predicted octanol–water partition coefficient (Wildman–Crippen LogP) is 1.85. The summed E-state index contributed by atoms with van der Waals surface area (Å²) in [5, 5.41) is 20.0. The Morgan fingerprint density at radius 1 is 1.50 bits per heavy atom. The fourth-order valence-electron chi connectivity index (χ4n) is 1.87. The molecule has 1 unspecified atom stereocenters. The normalized spacial score (nSPS) is 18.1. The molecule has 1 saturated heterocycles. The van der Waals surface area contributed by atoms with Crippen LogP contribution in [0.1, 0.15) is 10.4 Å². The van der Waals surface area contributed by atoms with Crippen LogP contribution in [-0.2, 0) is 4.79 Å². The number of carbonyl (C=O) groups excluding carboxylic acids is 1. The van der Waals surface area contributed by atoms with E-state index in [4.69, 9.17) is 16.7 Å². The largest absolute Gasteiger partial charge is 0.480 e. The standard InChI is InChI=1S/C11H9ClN2O5S/c12-6-2-1-3-7(14(18)19)9(6)10(15)13-5-20-4-8(13)11(16)17/h1-3,8H,4-5H2,(H,16,17). The molecule has 9 heteroatoms. The quantitative estimate of drug-likeness (QED) is 0.674. The summed E-state index contributed by atoms with van der Waals surface area (Å²) in [7, 11) is 0. The Kier molecular flexibility index (Phi) is 4.15. The second-order valence-corrected chi connectivity index (χ2v) is 5.43. The number of nitro benzene ring substituents is 1. The number of carboxylic acids is 1. The van der Waals surface area contributed by atoms with Crippen molar-refractivity contribution in [2.75, 3.05) is 11.6 Å². The van der Waals surface area contributed by atoms with Crippen molar-refractivity contribution in [2.45, 2.75) is 6.04 Å². The average Bonchev–Trinajstić information content (AvgIpc) is 2.86. The van der Waals surface area contributed by atoms with E-state index in [0.717, 1.165) is 11.0 Å². The lowest BCUT2D eigenvalue weighted by Gasteiger charge is -2.20. The van der Waals surface area contributed by atoms with Crippen molar-refractivity contribution in [1.29, 1.82) is 0 Å². The number of halogens is 1. The molecule has 1 aromatic carbocycles. The molecule has 0 radical (unpaired) electrons. The van der Waals surface area contributed by atoms with Gasteiger partial charge in [0.2, 0.25) is 0 Å². The second-order valence-electron chi connectivity index (χ2n) is 4.02. The third kappa shape index (κ3) is 2.56. The van der Waals surface area contributed by atoms with Crippen LogP contribution in [-0.4, -0.2) is 44.5 Å². The monoisotopic (exact) mass is 316 g/mol. The molecule has 1 aliphatic rings. The van der Waals surface area contributed by atoms with Crippen molar-refractivity contribution in [3.8, 4) is 0 Å². The summed E-state index contributed by atoms with van der Waals surface area (Å²) >= 11 is 7.14. The van der Waals surface area contributed by atoms with Crippen molar-refractivity contribution in [2.24, 2.45) is 0 Å². The lowest BCUT2D eigenvalue weighted by molar-refractivity contribution is -0.385. The first-order chi connectivity index (χ1) is 9.43. The molecule has 20 heavy (non-hydrogen) atoms. The topological polar surface area (TPSA) is 101 Å². The summed E-state index contributed by atoms with van der Waals surface area (Å²) in [6.45, 7) is 0. The molecule has 1 amide bonds. The van der Waals surface area contributed by atoms with Crippen LogP contribution >= 0.6 is 23.4 Å². The molecule has 1 fully saturated rings. The minimum absolute atomic E-state index is 0.0646. The minimum Gasteiger partial charge on any atom is -0.480 e. The number of thioether (sulfide) groups is 1. The van der Waals surface area contributed by atoms with Crippen molar-refractivity contribution in [3.63, 3.8) is 0 Å². The van der Waals surface area contributed by atoms with E-state index in [-0.39, 0.29) is 22.2 Å². The number of nitrogens with zero attached hydrogens (tertiary/aromatic N) is 2. The Bertz CT molecular complexity index is 594. The van der Waals surface area contributed by atoms with Gasteiger partial charge < -0.3 is 10.0 Å². The lowest BCUT2D eigenvalue weighted by atomic mass is 10.1. The highest BCUT2D eigenvalue weighted by Gasteiger charge is 2.38. The van der Waals surface area contributed by atoms with E-state index in [1.807, 2.05) is 0 Å². The zero-order chi connectivity index (χ0) is 14.9. The number of carboxylic acid groups (broad SMARTS) is 1. The Labute approximate surface area is 122 Å². The fraction of sp³-hybridized carbons (Fsp3) is 0.273. The van der Waals surface area contributed by atoms with Crippen molar-refractivity contribution >= 4 is 40.9 Å². The first kappa shape index (κ1) is 14.6. The summed E-state index contributed by atoms with van der Waals surface area (Å²) in [5.41, 5.74) is -0.698. The van der Waals surface area contributed by atoms with Crippen LogP contribution in [0.25, 0.3) is 0 Å². The number of benzene rings is 1. The zero-order valence-electron chi connectivity index (χ0n) is 9.98. The Morgan fingerprint density at radius 3 is 2.80 bits per heavy atom. The molecule has 0 spiro atoms. The number of rotatable bonds is 3. The third-order valence-corrected chi connectivity index (χ3v) is 4.16. The van der Waals surface area contributed by atoms with Gasteiger partial charge in [-0.05, 0) is 6.07 Å². The van der Waals surface area contributed by atoms with Gasteiger partial charge in [-0.1, -0.05) is 17.7 Å². The molecule has 2 rings (SSSR count). The zero-order valence-corrected chi connectivity index (χ0v) is 11.6. The minimum atomic E-state index is -1.14. The molecular formula is C11H9ClN2O5S. The first-order valence-corrected chi connectivity index (χ1v) is 7.01. The fourth-order valence-corrected chi connectivity index (χ4v) is 3.26. The van der Waals surface area contributed by atoms with E-state index in [1.54, 1.807) is 0 Å². The molecule has 0 aromatic heterocycles. The Hall–Kier alpha value is -1.80. The maximum absolute atomic E-state index is 12.4. The van der Waals surface area contributed by atoms with Gasteiger partial charge >= 0.3 is 5.97 Å². The number of aliphatic carboxylic acids is 1. The maximum atomic E-state index is 12.4. The summed E-state index contributed by atoms with van der Waals surface area (Å²) < 4.78 is 0. The molecule has 0 bridgehead atoms. The van der Waals surface area contributed by atoms with Crippen LogP contribution in [0, 0.1) is 10.1 Å².